The summed E-state index contributed by atoms with van der Waals surface area (Å²) in [6, 6.07) is -0.519. The van der Waals surface area contributed by atoms with Crippen molar-refractivity contribution >= 4 is 28.3 Å². The van der Waals surface area contributed by atoms with Gasteiger partial charge >= 0.3 is 0 Å². The number of imide groups is 1. The van der Waals surface area contributed by atoms with Crippen LogP contribution in [0.2, 0.25) is 0 Å². The molecule has 0 bridgehead atoms. The normalized spacial score (nSPS) is 22.5. The van der Waals surface area contributed by atoms with E-state index in [4.69, 9.17) is 0 Å². The molecule has 0 radical (unpaired) electrons. The predicted octanol–water partition coefficient (Wildman–Crippen LogP) is 1.58. The maximum atomic E-state index is 12.2. The van der Waals surface area contributed by atoms with Crippen molar-refractivity contribution in [3.63, 3.8) is 0 Å². The van der Waals surface area contributed by atoms with Gasteiger partial charge in [0.25, 0.3) is 5.91 Å². The molecule has 3 rings (SSSR count). The van der Waals surface area contributed by atoms with Gasteiger partial charge < -0.3 is 5.32 Å². The second-order valence-corrected chi connectivity index (χ2v) is 6.42. The van der Waals surface area contributed by atoms with Crippen molar-refractivity contribution in [2.75, 3.05) is 5.32 Å². The molecule has 1 aromatic rings. The van der Waals surface area contributed by atoms with Gasteiger partial charge in [0.15, 0.2) is 5.13 Å². The third kappa shape index (κ3) is 2.14. The second-order valence-electron chi connectivity index (χ2n) is 5.34. The Balaban J connectivity index is 1.73. The number of hydrogen-bond acceptors (Lipinski definition) is 5. The molecule has 2 heterocycles. The predicted molar refractivity (Wildman–Crippen MR) is 73.2 cm³/mol. The first-order chi connectivity index (χ1) is 9.06. The Hall–Kier alpha value is -1.43. The van der Waals surface area contributed by atoms with E-state index in [9.17, 15) is 9.59 Å². The van der Waals surface area contributed by atoms with E-state index in [2.05, 4.69) is 10.3 Å². The summed E-state index contributed by atoms with van der Waals surface area (Å²) in [7, 11) is 0. The SMILES string of the molecule is CC(C)N1C(=O)CC(Nc2nc3c(s2)CCC3)C1=O. The van der Waals surface area contributed by atoms with Crippen LogP contribution >= 0.6 is 11.3 Å². The van der Waals surface area contributed by atoms with E-state index in [1.165, 1.54) is 16.2 Å². The quantitative estimate of drug-likeness (QED) is 0.853. The van der Waals surface area contributed by atoms with Crippen molar-refractivity contribution in [3.05, 3.63) is 10.6 Å². The highest BCUT2D eigenvalue weighted by Gasteiger charge is 2.40. The van der Waals surface area contributed by atoms with Crippen molar-refractivity contribution in [1.29, 1.82) is 0 Å². The van der Waals surface area contributed by atoms with Gasteiger partial charge in [-0.15, -0.1) is 11.3 Å². The molecule has 0 spiro atoms. The van der Waals surface area contributed by atoms with Crippen LogP contribution in [0.5, 0.6) is 0 Å². The Bertz CT molecular complexity index is 516. The number of anilines is 1. The summed E-state index contributed by atoms with van der Waals surface area (Å²) in [4.78, 5) is 31.1. The van der Waals surface area contributed by atoms with E-state index in [0.717, 1.165) is 23.7 Å². The first kappa shape index (κ1) is 12.6. The van der Waals surface area contributed by atoms with E-state index in [0.29, 0.717) is 0 Å². The third-order valence-corrected chi connectivity index (χ3v) is 4.68. The van der Waals surface area contributed by atoms with Crippen LogP contribution in [0.25, 0.3) is 0 Å². The summed E-state index contributed by atoms with van der Waals surface area (Å²) in [5.41, 5.74) is 1.16. The molecule has 2 amide bonds. The van der Waals surface area contributed by atoms with Crippen molar-refractivity contribution < 1.29 is 9.59 Å². The molecule has 0 saturated carbocycles. The van der Waals surface area contributed by atoms with Crippen LogP contribution in [-0.4, -0.2) is 33.8 Å². The van der Waals surface area contributed by atoms with E-state index in [1.54, 1.807) is 11.3 Å². The Morgan fingerprint density at radius 2 is 2.16 bits per heavy atom. The standard InChI is InChI=1S/C13H17N3O2S/c1-7(2)16-11(17)6-9(12(16)18)15-13-14-8-4-3-5-10(8)19-13/h7,9H,3-6H2,1-2H3,(H,14,15). The Labute approximate surface area is 116 Å². The number of fused-ring (bicyclic) bond motifs is 1. The van der Waals surface area contributed by atoms with Crippen molar-refractivity contribution in [3.8, 4) is 0 Å². The highest BCUT2D eigenvalue weighted by atomic mass is 32.1. The summed E-state index contributed by atoms with van der Waals surface area (Å²) in [6.07, 6.45) is 3.53. The van der Waals surface area contributed by atoms with Crippen LogP contribution in [0.1, 0.15) is 37.3 Å². The lowest BCUT2D eigenvalue weighted by Crippen LogP contribution is -2.39. The average Bonchev–Trinajstić information content (AvgIpc) is 2.93. The minimum absolute atomic E-state index is 0.0758. The number of likely N-dealkylation sites (tertiary alicyclic amines) is 1. The number of nitrogens with zero attached hydrogens (tertiary/aromatic N) is 2. The largest absolute Gasteiger partial charge is 0.349 e. The number of thiazole rings is 1. The maximum absolute atomic E-state index is 12.2. The number of rotatable bonds is 3. The summed E-state index contributed by atoms with van der Waals surface area (Å²) in [5, 5.41) is 3.91. The Kier molecular flexibility index (Phi) is 3.05. The number of carbonyl (C=O) groups excluding carboxylic acids is 2. The first-order valence-corrected chi connectivity index (χ1v) is 7.49. The van der Waals surface area contributed by atoms with Crippen LogP contribution in [0.3, 0.4) is 0 Å². The lowest BCUT2D eigenvalue weighted by molar-refractivity contribution is -0.140. The van der Waals surface area contributed by atoms with Crippen LogP contribution in [0, 0.1) is 0 Å². The zero-order valence-corrected chi connectivity index (χ0v) is 11.9. The molecule has 0 aromatic carbocycles. The maximum Gasteiger partial charge on any atom is 0.252 e. The molecule has 19 heavy (non-hydrogen) atoms. The highest BCUT2D eigenvalue weighted by molar-refractivity contribution is 7.15. The fourth-order valence-corrected chi connectivity index (χ4v) is 3.81. The summed E-state index contributed by atoms with van der Waals surface area (Å²) >= 11 is 1.62. The number of aromatic nitrogens is 1. The molecule has 1 aliphatic carbocycles. The number of amides is 2. The van der Waals surface area contributed by atoms with E-state index in [1.807, 2.05) is 13.8 Å². The molecule has 1 aromatic heterocycles. The highest BCUT2D eigenvalue weighted by Crippen LogP contribution is 2.31. The molecule has 1 saturated heterocycles. The molecule has 1 N–H and O–H groups in total. The molecule has 5 nitrogen and oxygen atoms in total. The van der Waals surface area contributed by atoms with Gasteiger partial charge in [0.1, 0.15) is 6.04 Å². The van der Waals surface area contributed by atoms with Gasteiger partial charge in [-0.1, -0.05) is 0 Å². The molecule has 6 heteroatoms. The molecule has 102 valence electrons. The summed E-state index contributed by atoms with van der Waals surface area (Å²) < 4.78 is 0. The molecule has 1 fully saturated rings. The van der Waals surface area contributed by atoms with Crippen LogP contribution < -0.4 is 5.32 Å². The fraction of sp³-hybridized carbons (Fsp3) is 0.615. The molecule has 1 aliphatic heterocycles. The first-order valence-electron chi connectivity index (χ1n) is 6.67. The summed E-state index contributed by atoms with van der Waals surface area (Å²) in [6.45, 7) is 3.71. The van der Waals surface area contributed by atoms with Gasteiger partial charge in [0.2, 0.25) is 5.91 Å². The monoisotopic (exact) mass is 279 g/mol. The van der Waals surface area contributed by atoms with Gasteiger partial charge in [-0.25, -0.2) is 4.98 Å². The van der Waals surface area contributed by atoms with Crippen LogP contribution in [0.4, 0.5) is 5.13 Å². The second kappa shape index (κ2) is 4.59. The van der Waals surface area contributed by atoms with E-state index >= 15 is 0 Å². The van der Waals surface area contributed by atoms with Gasteiger partial charge in [-0.3, -0.25) is 14.5 Å². The minimum atomic E-state index is -0.443. The van der Waals surface area contributed by atoms with Crippen LogP contribution in [-0.2, 0) is 22.4 Å². The van der Waals surface area contributed by atoms with Crippen molar-refractivity contribution in [1.82, 2.24) is 9.88 Å². The van der Waals surface area contributed by atoms with Gasteiger partial charge in [0, 0.05) is 10.9 Å². The average molecular weight is 279 g/mol. The van der Waals surface area contributed by atoms with Gasteiger partial charge in [-0.05, 0) is 33.1 Å². The lowest BCUT2D eigenvalue weighted by Gasteiger charge is -2.18. The zero-order chi connectivity index (χ0) is 13.6. The van der Waals surface area contributed by atoms with E-state index in [-0.39, 0.29) is 24.3 Å². The Morgan fingerprint density at radius 1 is 1.37 bits per heavy atom. The molecular weight excluding hydrogens is 262 g/mol. The van der Waals surface area contributed by atoms with Gasteiger partial charge in [0.05, 0.1) is 12.1 Å². The third-order valence-electron chi connectivity index (χ3n) is 3.59. The Morgan fingerprint density at radius 3 is 2.79 bits per heavy atom. The van der Waals surface area contributed by atoms with Crippen molar-refractivity contribution in [2.24, 2.45) is 0 Å². The zero-order valence-electron chi connectivity index (χ0n) is 11.1. The minimum Gasteiger partial charge on any atom is -0.349 e. The van der Waals surface area contributed by atoms with Crippen molar-refractivity contribution in [2.45, 2.75) is 51.6 Å². The molecule has 2 aliphatic rings. The number of carbonyl (C=O) groups is 2. The van der Waals surface area contributed by atoms with Gasteiger partial charge in [-0.2, -0.15) is 0 Å². The smallest absolute Gasteiger partial charge is 0.252 e. The number of hydrogen-bond donors (Lipinski definition) is 1. The lowest BCUT2D eigenvalue weighted by atomic mass is 10.2. The number of aryl methyl sites for hydroxylation is 2. The molecular formula is C13H17N3O2S. The van der Waals surface area contributed by atoms with Crippen LogP contribution in [0.15, 0.2) is 0 Å². The number of nitrogens with one attached hydrogen (secondary N) is 1. The molecule has 1 atom stereocenters. The van der Waals surface area contributed by atoms with E-state index < -0.39 is 6.04 Å². The molecule has 1 unspecified atom stereocenters. The topological polar surface area (TPSA) is 62.3 Å². The summed E-state index contributed by atoms with van der Waals surface area (Å²) in [5.74, 6) is -0.225. The fourth-order valence-electron chi connectivity index (χ4n) is 2.71.